The summed E-state index contributed by atoms with van der Waals surface area (Å²) in [6.07, 6.45) is 4.96. The largest absolute Gasteiger partial charge is 0.485 e. The van der Waals surface area contributed by atoms with Crippen LogP contribution in [0.15, 0.2) is 42.6 Å². The molecule has 2 aromatic rings. The number of amides is 1. The molecule has 1 unspecified atom stereocenters. The molecule has 0 radical (unpaired) electrons. The Bertz CT molecular complexity index is 757. The zero-order valence-corrected chi connectivity index (χ0v) is 14.7. The van der Waals surface area contributed by atoms with Crippen LogP contribution in [0, 0.1) is 0 Å². The molecule has 0 saturated carbocycles. The number of piperidine rings is 1. The monoisotopic (exact) mass is 353 g/mol. The van der Waals surface area contributed by atoms with Crippen molar-refractivity contribution >= 4 is 11.7 Å². The number of aromatic nitrogens is 1. The van der Waals surface area contributed by atoms with Gasteiger partial charge in [-0.2, -0.15) is 0 Å². The molecule has 0 spiro atoms. The maximum atomic E-state index is 12.4. The second kappa shape index (κ2) is 7.64. The van der Waals surface area contributed by atoms with Crippen LogP contribution in [-0.4, -0.2) is 36.7 Å². The molecule has 1 aromatic heterocycles. The van der Waals surface area contributed by atoms with Crippen molar-refractivity contribution < 1.29 is 14.3 Å². The van der Waals surface area contributed by atoms with E-state index in [0.29, 0.717) is 18.0 Å². The lowest BCUT2D eigenvalue weighted by Gasteiger charge is -2.27. The van der Waals surface area contributed by atoms with Crippen LogP contribution in [0.1, 0.15) is 24.8 Å². The fraction of sp³-hybridized carbons (Fsp3) is 0.400. The van der Waals surface area contributed by atoms with E-state index in [2.05, 4.69) is 15.2 Å². The number of nitrogens with zero attached hydrogens (tertiary/aromatic N) is 2. The summed E-state index contributed by atoms with van der Waals surface area (Å²) in [5.74, 6) is 2.11. The Morgan fingerprint density at radius 3 is 2.69 bits per heavy atom. The number of hydrogen-bond acceptors (Lipinski definition) is 5. The van der Waals surface area contributed by atoms with E-state index in [1.54, 1.807) is 6.07 Å². The third-order valence-electron chi connectivity index (χ3n) is 4.76. The number of carbonyl (C=O) groups is 1. The van der Waals surface area contributed by atoms with Gasteiger partial charge in [0.25, 0.3) is 5.91 Å². The minimum Gasteiger partial charge on any atom is -0.485 e. The van der Waals surface area contributed by atoms with Gasteiger partial charge in [0.2, 0.25) is 6.10 Å². The van der Waals surface area contributed by atoms with Gasteiger partial charge in [0.1, 0.15) is 12.4 Å². The Balaban J connectivity index is 1.30. The van der Waals surface area contributed by atoms with E-state index >= 15 is 0 Å². The van der Waals surface area contributed by atoms with Gasteiger partial charge < -0.3 is 19.7 Å². The third kappa shape index (κ3) is 3.74. The van der Waals surface area contributed by atoms with Crippen molar-refractivity contribution in [3.63, 3.8) is 0 Å². The van der Waals surface area contributed by atoms with Crippen LogP contribution in [0.3, 0.4) is 0 Å². The Morgan fingerprint density at radius 2 is 1.92 bits per heavy atom. The number of pyridine rings is 1. The predicted molar refractivity (Wildman–Crippen MR) is 98.5 cm³/mol. The predicted octanol–water partition coefficient (Wildman–Crippen LogP) is 2.53. The number of anilines is 1. The zero-order chi connectivity index (χ0) is 17.8. The molecule has 2 aliphatic rings. The van der Waals surface area contributed by atoms with Crippen molar-refractivity contribution in [2.75, 3.05) is 24.6 Å². The molecule has 4 rings (SSSR count). The number of nitrogens with one attached hydrogen (secondary N) is 1. The molecule has 1 saturated heterocycles. The molecular weight excluding hydrogens is 330 g/mol. The lowest BCUT2D eigenvalue weighted by atomic mass is 10.1. The van der Waals surface area contributed by atoms with Crippen LogP contribution in [0.5, 0.6) is 11.5 Å². The van der Waals surface area contributed by atoms with E-state index < -0.39 is 6.10 Å². The van der Waals surface area contributed by atoms with Crippen molar-refractivity contribution in [2.24, 2.45) is 0 Å². The number of rotatable bonds is 4. The molecule has 136 valence electrons. The fourth-order valence-electron chi connectivity index (χ4n) is 3.28. The molecule has 6 nitrogen and oxygen atoms in total. The molecule has 1 fully saturated rings. The number of para-hydroxylation sites is 2. The van der Waals surface area contributed by atoms with E-state index in [-0.39, 0.29) is 12.5 Å². The Labute approximate surface area is 153 Å². The highest BCUT2D eigenvalue weighted by Gasteiger charge is 2.26. The van der Waals surface area contributed by atoms with Gasteiger partial charge in [0, 0.05) is 25.8 Å². The molecule has 1 N–H and O–H groups in total. The third-order valence-corrected chi connectivity index (χ3v) is 4.76. The van der Waals surface area contributed by atoms with Gasteiger partial charge >= 0.3 is 0 Å². The summed E-state index contributed by atoms with van der Waals surface area (Å²) in [6.45, 7) is 2.79. The molecular formula is C20H23N3O3. The molecule has 1 atom stereocenters. The number of hydrogen-bond donors (Lipinski definition) is 1. The summed E-state index contributed by atoms with van der Waals surface area (Å²) in [4.78, 5) is 19.2. The van der Waals surface area contributed by atoms with Gasteiger partial charge in [-0.25, -0.2) is 4.98 Å². The van der Waals surface area contributed by atoms with Crippen LogP contribution in [-0.2, 0) is 11.3 Å². The number of ether oxygens (including phenoxy) is 2. The summed E-state index contributed by atoms with van der Waals surface area (Å²) in [5.41, 5.74) is 0.969. The second-order valence-electron chi connectivity index (χ2n) is 6.65. The zero-order valence-electron chi connectivity index (χ0n) is 14.7. The molecule has 2 aliphatic heterocycles. The lowest BCUT2D eigenvalue weighted by molar-refractivity contribution is -0.130. The van der Waals surface area contributed by atoms with E-state index in [1.807, 2.05) is 36.5 Å². The smallest absolute Gasteiger partial charge is 0.264 e. The van der Waals surface area contributed by atoms with Gasteiger partial charge in [-0.15, -0.1) is 0 Å². The minimum atomic E-state index is -0.634. The second-order valence-corrected chi connectivity index (χ2v) is 6.65. The summed E-state index contributed by atoms with van der Waals surface area (Å²) in [7, 11) is 0. The van der Waals surface area contributed by atoms with E-state index in [9.17, 15) is 4.79 Å². The molecule has 3 heterocycles. The summed E-state index contributed by atoms with van der Waals surface area (Å²) < 4.78 is 11.3. The van der Waals surface area contributed by atoms with E-state index in [1.165, 1.54) is 19.3 Å². The molecule has 1 aromatic carbocycles. The highest BCUT2D eigenvalue weighted by Crippen LogP contribution is 2.30. The quantitative estimate of drug-likeness (QED) is 0.915. The summed E-state index contributed by atoms with van der Waals surface area (Å²) >= 11 is 0. The van der Waals surface area contributed by atoms with Crippen molar-refractivity contribution in [1.29, 1.82) is 0 Å². The van der Waals surface area contributed by atoms with Crippen LogP contribution >= 0.6 is 0 Å². The molecule has 1 amide bonds. The SMILES string of the molecule is O=C(NCc1ccc(N2CCCCC2)nc1)C1COc2ccccc2O1. The lowest BCUT2D eigenvalue weighted by Crippen LogP contribution is -2.43. The van der Waals surface area contributed by atoms with Crippen molar-refractivity contribution in [1.82, 2.24) is 10.3 Å². The first-order valence-electron chi connectivity index (χ1n) is 9.16. The fourth-order valence-corrected chi connectivity index (χ4v) is 3.28. The van der Waals surface area contributed by atoms with Crippen LogP contribution < -0.4 is 19.7 Å². The molecule has 6 heteroatoms. The summed E-state index contributed by atoms with van der Waals surface area (Å²) in [6, 6.07) is 11.4. The molecule has 0 aliphatic carbocycles. The number of carbonyl (C=O) groups excluding carboxylic acids is 1. The van der Waals surface area contributed by atoms with Crippen LogP contribution in [0.2, 0.25) is 0 Å². The van der Waals surface area contributed by atoms with E-state index in [4.69, 9.17) is 9.47 Å². The van der Waals surface area contributed by atoms with Crippen LogP contribution in [0.25, 0.3) is 0 Å². The van der Waals surface area contributed by atoms with Crippen LogP contribution in [0.4, 0.5) is 5.82 Å². The van der Waals surface area contributed by atoms with Gasteiger partial charge in [-0.3, -0.25) is 4.79 Å². The first-order valence-corrected chi connectivity index (χ1v) is 9.16. The Hall–Kier alpha value is -2.76. The first-order chi connectivity index (χ1) is 12.8. The average Bonchev–Trinajstić information content (AvgIpc) is 2.72. The standard InChI is InChI=1S/C20H23N3O3/c24-20(18-14-25-16-6-2-3-7-17(16)26-18)22-13-15-8-9-19(21-12-15)23-10-4-1-5-11-23/h2-3,6-9,12,18H,1,4-5,10-11,13-14H2,(H,22,24). The van der Waals surface area contributed by atoms with E-state index in [0.717, 1.165) is 24.5 Å². The van der Waals surface area contributed by atoms with Gasteiger partial charge in [-0.1, -0.05) is 18.2 Å². The van der Waals surface area contributed by atoms with Crippen molar-refractivity contribution in [3.05, 3.63) is 48.2 Å². The van der Waals surface area contributed by atoms with Gasteiger partial charge in [0.05, 0.1) is 0 Å². The maximum absolute atomic E-state index is 12.4. The number of fused-ring (bicyclic) bond motifs is 1. The first kappa shape index (κ1) is 16.7. The normalized spacial score (nSPS) is 19.1. The Morgan fingerprint density at radius 1 is 1.12 bits per heavy atom. The minimum absolute atomic E-state index is 0.181. The summed E-state index contributed by atoms with van der Waals surface area (Å²) in [5, 5.41) is 2.90. The number of benzene rings is 1. The molecule has 0 bridgehead atoms. The van der Waals surface area contributed by atoms with Crippen molar-refractivity contribution in [3.8, 4) is 11.5 Å². The topological polar surface area (TPSA) is 63.7 Å². The molecule has 26 heavy (non-hydrogen) atoms. The average molecular weight is 353 g/mol. The Kier molecular flexibility index (Phi) is 4.91. The van der Waals surface area contributed by atoms with Gasteiger partial charge in [-0.05, 0) is 43.0 Å². The van der Waals surface area contributed by atoms with Gasteiger partial charge in [0.15, 0.2) is 11.5 Å². The van der Waals surface area contributed by atoms with Crippen molar-refractivity contribution in [2.45, 2.75) is 31.9 Å². The maximum Gasteiger partial charge on any atom is 0.264 e. The highest BCUT2D eigenvalue weighted by molar-refractivity contribution is 5.81. The highest BCUT2D eigenvalue weighted by atomic mass is 16.6.